The van der Waals surface area contributed by atoms with Gasteiger partial charge in [0.1, 0.15) is 5.82 Å². The smallest absolute Gasteiger partial charge is 0.290 e. The van der Waals surface area contributed by atoms with Gasteiger partial charge in [-0.05, 0) is 35.9 Å². The van der Waals surface area contributed by atoms with E-state index in [1.165, 1.54) is 6.07 Å². The van der Waals surface area contributed by atoms with Gasteiger partial charge in [-0.2, -0.15) is 0 Å². The van der Waals surface area contributed by atoms with Crippen molar-refractivity contribution in [1.82, 2.24) is 4.98 Å². The van der Waals surface area contributed by atoms with Gasteiger partial charge < -0.3 is 14.6 Å². The maximum atomic E-state index is 13.8. The molecule has 0 saturated carbocycles. The number of benzene rings is 2. The van der Waals surface area contributed by atoms with Crippen molar-refractivity contribution < 1.29 is 23.8 Å². The molecule has 6 heteroatoms. The van der Waals surface area contributed by atoms with E-state index in [4.69, 9.17) is 19.4 Å². The van der Waals surface area contributed by atoms with Gasteiger partial charge in [-0.3, -0.25) is 9.78 Å². The molecule has 0 spiro atoms. The zero-order valence-corrected chi connectivity index (χ0v) is 11.9. The highest BCUT2D eigenvalue weighted by molar-refractivity contribution is 5.84. The molecule has 0 saturated heterocycles. The Kier molecular flexibility index (Phi) is 4.05. The lowest BCUT2D eigenvalue weighted by Gasteiger charge is -2.05. The van der Waals surface area contributed by atoms with Crippen molar-refractivity contribution in [3.63, 3.8) is 0 Å². The van der Waals surface area contributed by atoms with E-state index in [2.05, 4.69) is 4.98 Å². The molecule has 0 atom stereocenters. The Morgan fingerprint density at radius 3 is 2.70 bits per heavy atom. The fraction of sp³-hybridized carbons (Fsp3) is 0.0588. The summed E-state index contributed by atoms with van der Waals surface area (Å²) in [6, 6.07) is 12.3. The second-order valence-corrected chi connectivity index (χ2v) is 4.70. The van der Waals surface area contributed by atoms with Crippen LogP contribution in [-0.4, -0.2) is 23.4 Å². The lowest BCUT2D eigenvalue weighted by Crippen LogP contribution is -1.92. The van der Waals surface area contributed by atoms with Crippen LogP contribution < -0.4 is 9.47 Å². The number of halogens is 1. The predicted molar refractivity (Wildman–Crippen MR) is 82.0 cm³/mol. The Morgan fingerprint density at radius 1 is 1.09 bits per heavy atom. The summed E-state index contributed by atoms with van der Waals surface area (Å²) in [5.41, 5.74) is 2.42. The van der Waals surface area contributed by atoms with Crippen LogP contribution in [0.25, 0.3) is 22.0 Å². The summed E-state index contributed by atoms with van der Waals surface area (Å²) >= 11 is 0. The maximum absolute atomic E-state index is 13.8. The highest BCUT2D eigenvalue weighted by atomic mass is 19.1. The summed E-state index contributed by atoms with van der Waals surface area (Å²) in [6.45, 7) is -0.0105. The number of fused-ring (bicyclic) bond motifs is 2. The van der Waals surface area contributed by atoms with Gasteiger partial charge in [0.05, 0.1) is 5.52 Å². The summed E-state index contributed by atoms with van der Waals surface area (Å²) in [6.07, 6.45) is 1.74. The second kappa shape index (κ2) is 6.31. The number of nitrogens with zero attached hydrogens (tertiary/aromatic N) is 1. The summed E-state index contributed by atoms with van der Waals surface area (Å²) in [5, 5.41) is 7.41. The Bertz CT molecular complexity index is 866. The fourth-order valence-corrected chi connectivity index (χ4v) is 2.35. The molecular formula is C17H12FNO4. The van der Waals surface area contributed by atoms with Crippen LogP contribution in [0.4, 0.5) is 4.39 Å². The van der Waals surface area contributed by atoms with E-state index in [0.717, 1.165) is 16.9 Å². The highest BCUT2D eigenvalue weighted by Gasteiger charge is 2.14. The van der Waals surface area contributed by atoms with Crippen molar-refractivity contribution in [3.8, 4) is 22.6 Å². The number of hydrogen-bond donors (Lipinski definition) is 1. The van der Waals surface area contributed by atoms with Crippen LogP contribution in [0.1, 0.15) is 0 Å². The Morgan fingerprint density at radius 2 is 1.87 bits per heavy atom. The first kappa shape index (κ1) is 14.8. The third-order valence-electron chi connectivity index (χ3n) is 3.38. The average molecular weight is 313 g/mol. The summed E-state index contributed by atoms with van der Waals surface area (Å²) in [7, 11) is 0. The largest absolute Gasteiger partial charge is 0.483 e. The molecule has 0 amide bonds. The van der Waals surface area contributed by atoms with E-state index in [9.17, 15) is 4.39 Å². The van der Waals surface area contributed by atoms with Gasteiger partial charge in [-0.15, -0.1) is 0 Å². The topological polar surface area (TPSA) is 68.7 Å². The number of aromatic nitrogens is 1. The molecule has 2 heterocycles. The van der Waals surface area contributed by atoms with E-state index >= 15 is 0 Å². The first-order chi connectivity index (χ1) is 11.2. The molecule has 3 aromatic rings. The molecule has 1 N–H and O–H groups in total. The molecule has 0 fully saturated rings. The molecule has 4 rings (SSSR count). The monoisotopic (exact) mass is 313 g/mol. The minimum atomic E-state index is -0.266. The average Bonchev–Trinajstić information content (AvgIpc) is 3.03. The maximum Gasteiger partial charge on any atom is 0.290 e. The van der Waals surface area contributed by atoms with E-state index in [1.807, 2.05) is 18.2 Å². The summed E-state index contributed by atoms with van der Waals surface area (Å²) < 4.78 is 24.5. The molecule has 0 bridgehead atoms. The van der Waals surface area contributed by atoms with Crippen molar-refractivity contribution in [3.05, 3.63) is 54.5 Å². The molecule has 0 radical (unpaired) electrons. The van der Waals surface area contributed by atoms with E-state index in [-0.39, 0.29) is 19.1 Å². The molecule has 2 aromatic carbocycles. The molecule has 0 unspecified atom stereocenters. The molecular weight excluding hydrogens is 301 g/mol. The van der Waals surface area contributed by atoms with E-state index in [0.29, 0.717) is 16.7 Å². The van der Waals surface area contributed by atoms with Crippen LogP contribution in [0.15, 0.2) is 48.7 Å². The van der Waals surface area contributed by atoms with Crippen LogP contribution >= 0.6 is 0 Å². The van der Waals surface area contributed by atoms with Gasteiger partial charge in [-0.1, -0.05) is 12.1 Å². The minimum Gasteiger partial charge on any atom is -0.483 e. The van der Waals surface area contributed by atoms with Gasteiger partial charge in [0.15, 0.2) is 11.5 Å². The number of ether oxygens (including phenoxy) is 2. The third-order valence-corrected chi connectivity index (χ3v) is 3.38. The van der Waals surface area contributed by atoms with Gasteiger partial charge >= 0.3 is 0 Å². The van der Waals surface area contributed by atoms with Crippen molar-refractivity contribution in [2.45, 2.75) is 0 Å². The normalized spacial score (nSPS) is 11.7. The quantitative estimate of drug-likeness (QED) is 0.697. The number of rotatable bonds is 1. The number of carbonyl (C=O) groups is 1. The Labute approximate surface area is 130 Å². The van der Waals surface area contributed by atoms with Crippen LogP contribution in [0.3, 0.4) is 0 Å². The second-order valence-electron chi connectivity index (χ2n) is 4.70. The predicted octanol–water partition coefficient (Wildman–Crippen LogP) is 3.47. The summed E-state index contributed by atoms with van der Waals surface area (Å²) in [4.78, 5) is 12.7. The zero-order valence-electron chi connectivity index (χ0n) is 11.9. The molecule has 1 aromatic heterocycles. The van der Waals surface area contributed by atoms with Crippen LogP contribution in [0.5, 0.6) is 11.5 Å². The number of pyridine rings is 1. The Balaban J connectivity index is 0.000000485. The van der Waals surface area contributed by atoms with Gasteiger partial charge in [-0.25, -0.2) is 4.39 Å². The SMILES string of the molecule is Fc1cccc2ncc(-c3ccc4c(c3)OCO4)cc12.O=CO. The third kappa shape index (κ3) is 2.91. The Hall–Kier alpha value is -3.15. The number of carboxylic acid groups (broad SMARTS) is 1. The van der Waals surface area contributed by atoms with E-state index in [1.54, 1.807) is 24.4 Å². The molecule has 23 heavy (non-hydrogen) atoms. The van der Waals surface area contributed by atoms with Crippen molar-refractivity contribution in [1.29, 1.82) is 0 Å². The van der Waals surface area contributed by atoms with Crippen LogP contribution in [0, 0.1) is 5.82 Å². The lowest BCUT2D eigenvalue weighted by atomic mass is 10.0. The van der Waals surface area contributed by atoms with Gasteiger partial charge in [0.25, 0.3) is 6.47 Å². The zero-order chi connectivity index (χ0) is 16.2. The first-order valence-electron chi connectivity index (χ1n) is 6.75. The molecule has 116 valence electrons. The first-order valence-corrected chi connectivity index (χ1v) is 6.75. The number of hydrogen-bond acceptors (Lipinski definition) is 4. The van der Waals surface area contributed by atoms with Crippen molar-refractivity contribution in [2.24, 2.45) is 0 Å². The van der Waals surface area contributed by atoms with E-state index < -0.39 is 0 Å². The van der Waals surface area contributed by atoms with Gasteiger partial charge in [0, 0.05) is 17.1 Å². The van der Waals surface area contributed by atoms with Crippen molar-refractivity contribution >= 4 is 17.4 Å². The molecule has 1 aliphatic rings. The van der Waals surface area contributed by atoms with Crippen molar-refractivity contribution in [2.75, 3.05) is 6.79 Å². The molecule has 5 nitrogen and oxygen atoms in total. The minimum absolute atomic E-state index is 0.239. The van der Waals surface area contributed by atoms with Gasteiger partial charge in [0.2, 0.25) is 6.79 Å². The highest BCUT2D eigenvalue weighted by Crippen LogP contribution is 2.36. The summed E-state index contributed by atoms with van der Waals surface area (Å²) in [5.74, 6) is 1.17. The standard InChI is InChI=1S/C16H10FNO2.CH2O2/c17-13-2-1-3-14-12(13)6-11(8-18-14)10-4-5-15-16(7-10)20-9-19-15;2-1-3/h1-8H,9H2;1H,(H,2,3). The van der Waals surface area contributed by atoms with Crippen LogP contribution in [-0.2, 0) is 4.79 Å². The molecule has 0 aliphatic carbocycles. The lowest BCUT2D eigenvalue weighted by molar-refractivity contribution is -0.122. The fourth-order valence-electron chi connectivity index (χ4n) is 2.35. The van der Waals surface area contributed by atoms with Crippen LogP contribution in [0.2, 0.25) is 0 Å². The molecule has 1 aliphatic heterocycles.